The van der Waals surface area contributed by atoms with E-state index in [1.165, 1.54) is 11.3 Å². The number of hydrogen-bond donors (Lipinski definition) is 2. The van der Waals surface area contributed by atoms with Crippen LogP contribution >= 0.6 is 11.3 Å². The number of amides is 2. The lowest BCUT2D eigenvalue weighted by atomic mass is 10.2. The van der Waals surface area contributed by atoms with Gasteiger partial charge >= 0.3 is 0 Å². The van der Waals surface area contributed by atoms with Crippen LogP contribution in [-0.2, 0) is 4.79 Å². The SMILES string of the molecule is Cc1cccc(OCCNC(=O)CCNC(=O)c2ccsc2)c1. The molecule has 0 bridgehead atoms. The molecule has 0 aliphatic heterocycles. The largest absolute Gasteiger partial charge is 0.492 e. The first kappa shape index (κ1) is 17.0. The highest BCUT2D eigenvalue weighted by Crippen LogP contribution is 2.11. The van der Waals surface area contributed by atoms with Crippen LogP contribution in [0.15, 0.2) is 41.1 Å². The maximum absolute atomic E-state index is 11.7. The number of nitrogens with one attached hydrogen (secondary N) is 2. The number of ether oxygens (including phenoxy) is 1. The first-order chi connectivity index (χ1) is 11.1. The van der Waals surface area contributed by atoms with E-state index in [2.05, 4.69) is 10.6 Å². The molecule has 0 aliphatic carbocycles. The molecule has 0 atom stereocenters. The molecule has 0 aliphatic rings. The Hall–Kier alpha value is -2.34. The lowest BCUT2D eigenvalue weighted by Crippen LogP contribution is -2.32. The van der Waals surface area contributed by atoms with Crippen LogP contribution in [0, 0.1) is 6.92 Å². The minimum absolute atomic E-state index is 0.108. The summed E-state index contributed by atoms with van der Waals surface area (Å²) in [7, 11) is 0. The number of carbonyl (C=O) groups is 2. The molecule has 0 fully saturated rings. The highest BCUT2D eigenvalue weighted by Gasteiger charge is 2.06. The van der Waals surface area contributed by atoms with Crippen LogP contribution in [0.4, 0.5) is 0 Å². The molecule has 1 aromatic carbocycles. The Morgan fingerprint density at radius 2 is 2.04 bits per heavy atom. The van der Waals surface area contributed by atoms with Crippen LogP contribution < -0.4 is 15.4 Å². The van der Waals surface area contributed by atoms with Crippen molar-refractivity contribution in [1.29, 1.82) is 0 Å². The lowest BCUT2D eigenvalue weighted by molar-refractivity contribution is -0.121. The molecule has 0 saturated heterocycles. The van der Waals surface area contributed by atoms with Crippen LogP contribution in [0.1, 0.15) is 22.3 Å². The molecule has 2 aromatic rings. The van der Waals surface area contributed by atoms with Crippen molar-refractivity contribution in [2.75, 3.05) is 19.7 Å². The van der Waals surface area contributed by atoms with Crippen molar-refractivity contribution in [2.45, 2.75) is 13.3 Å². The van der Waals surface area contributed by atoms with Crippen molar-refractivity contribution in [1.82, 2.24) is 10.6 Å². The smallest absolute Gasteiger partial charge is 0.252 e. The van der Waals surface area contributed by atoms with Crippen LogP contribution in [0.3, 0.4) is 0 Å². The fraction of sp³-hybridized carbons (Fsp3) is 0.294. The molecule has 2 N–H and O–H groups in total. The summed E-state index contributed by atoms with van der Waals surface area (Å²) in [4.78, 5) is 23.3. The molecule has 6 heteroatoms. The Labute approximate surface area is 139 Å². The predicted octanol–water partition coefficient (Wildman–Crippen LogP) is 2.37. The minimum atomic E-state index is -0.151. The molecule has 0 unspecified atom stereocenters. The first-order valence-electron chi connectivity index (χ1n) is 7.42. The third kappa shape index (κ3) is 6.12. The van der Waals surface area contributed by atoms with Crippen molar-refractivity contribution >= 4 is 23.2 Å². The van der Waals surface area contributed by atoms with E-state index < -0.39 is 0 Å². The maximum atomic E-state index is 11.7. The molecule has 1 aromatic heterocycles. The van der Waals surface area contributed by atoms with Gasteiger partial charge in [0.25, 0.3) is 5.91 Å². The molecule has 2 amide bonds. The summed E-state index contributed by atoms with van der Waals surface area (Å²) in [6, 6.07) is 9.51. The zero-order valence-corrected chi connectivity index (χ0v) is 13.8. The van der Waals surface area contributed by atoms with E-state index in [1.54, 1.807) is 11.4 Å². The first-order valence-corrected chi connectivity index (χ1v) is 8.36. The topological polar surface area (TPSA) is 67.4 Å². The molecule has 5 nitrogen and oxygen atoms in total. The molecule has 0 spiro atoms. The molecule has 23 heavy (non-hydrogen) atoms. The highest BCUT2D eigenvalue weighted by molar-refractivity contribution is 7.08. The number of carbonyl (C=O) groups excluding carboxylic acids is 2. The van der Waals surface area contributed by atoms with Crippen LogP contribution in [0.25, 0.3) is 0 Å². The Kier molecular flexibility index (Phi) is 6.62. The molecule has 1 heterocycles. The van der Waals surface area contributed by atoms with Gasteiger partial charge in [0.1, 0.15) is 12.4 Å². The minimum Gasteiger partial charge on any atom is -0.492 e. The second-order valence-electron chi connectivity index (χ2n) is 5.03. The standard InChI is InChI=1S/C17H20N2O3S/c1-13-3-2-4-15(11-13)22-9-8-18-16(20)5-7-19-17(21)14-6-10-23-12-14/h2-4,6,10-12H,5,7-9H2,1H3,(H,18,20)(H,19,21). The van der Waals surface area contributed by atoms with E-state index in [0.29, 0.717) is 25.3 Å². The van der Waals surface area contributed by atoms with Crippen LogP contribution in [0.2, 0.25) is 0 Å². The summed E-state index contributed by atoms with van der Waals surface area (Å²) in [5.41, 5.74) is 1.76. The molecule has 122 valence electrons. The Morgan fingerprint density at radius 3 is 2.78 bits per heavy atom. The van der Waals surface area contributed by atoms with E-state index in [0.717, 1.165) is 11.3 Å². The van der Waals surface area contributed by atoms with E-state index in [-0.39, 0.29) is 18.2 Å². The lowest BCUT2D eigenvalue weighted by Gasteiger charge is -2.08. The summed E-state index contributed by atoms with van der Waals surface area (Å²) in [5.74, 6) is 0.535. The zero-order chi connectivity index (χ0) is 16.5. The van der Waals surface area contributed by atoms with Gasteiger partial charge in [-0.05, 0) is 36.1 Å². The van der Waals surface area contributed by atoms with E-state index in [1.807, 2.05) is 36.6 Å². The Bertz CT molecular complexity index is 641. The average Bonchev–Trinajstić information content (AvgIpc) is 3.06. The van der Waals surface area contributed by atoms with Crippen molar-refractivity contribution < 1.29 is 14.3 Å². The van der Waals surface area contributed by atoms with Gasteiger partial charge in [-0.3, -0.25) is 9.59 Å². The monoisotopic (exact) mass is 332 g/mol. The van der Waals surface area contributed by atoms with Crippen molar-refractivity contribution in [2.24, 2.45) is 0 Å². The van der Waals surface area contributed by atoms with Gasteiger partial charge in [0.15, 0.2) is 0 Å². The number of rotatable bonds is 8. The zero-order valence-electron chi connectivity index (χ0n) is 13.0. The Morgan fingerprint density at radius 1 is 1.17 bits per heavy atom. The van der Waals surface area contributed by atoms with Crippen molar-refractivity contribution in [3.05, 3.63) is 52.2 Å². The van der Waals surface area contributed by atoms with E-state index in [9.17, 15) is 9.59 Å². The van der Waals surface area contributed by atoms with Gasteiger partial charge in [-0.15, -0.1) is 0 Å². The molecular formula is C17H20N2O3S. The van der Waals surface area contributed by atoms with Gasteiger partial charge in [-0.1, -0.05) is 12.1 Å². The summed E-state index contributed by atoms with van der Waals surface area (Å²) in [6.07, 6.45) is 0.250. The number of thiophene rings is 1. The molecular weight excluding hydrogens is 312 g/mol. The molecule has 0 radical (unpaired) electrons. The third-order valence-corrected chi connectivity index (χ3v) is 3.79. The summed E-state index contributed by atoms with van der Waals surface area (Å²) < 4.78 is 5.55. The van der Waals surface area contributed by atoms with Gasteiger partial charge in [0, 0.05) is 23.9 Å². The van der Waals surface area contributed by atoms with Gasteiger partial charge in [-0.25, -0.2) is 0 Å². The van der Waals surface area contributed by atoms with Crippen molar-refractivity contribution in [3.8, 4) is 5.75 Å². The quantitative estimate of drug-likeness (QED) is 0.729. The third-order valence-electron chi connectivity index (χ3n) is 3.10. The number of benzene rings is 1. The van der Waals surface area contributed by atoms with Gasteiger partial charge in [0.05, 0.1) is 6.54 Å². The summed E-state index contributed by atoms with van der Waals surface area (Å²) in [5, 5.41) is 9.10. The maximum Gasteiger partial charge on any atom is 0.252 e. The van der Waals surface area contributed by atoms with E-state index >= 15 is 0 Å². The second kappa shape index (κ2) is 8.95. The van der Waals surface area contributed by atoms with Gasteiger partial charge in [-0.2, -0.15) is 11.3 Å². The average molecular weight is 332 g/mol. The van der Waals surface area contributed by atoms with Crippen molar-refractivity contribution in [3.63, 3.8) is 0 Å². The fourth-order valence-corrected chi connectivity index (χ4v) is 2.57. The highest BCUT2D eigenvalue weighted by atomic mass is 32.1. The fourth-order valence-electron chi connectivity index (χ4n) is 1.94. The predicted molar refractivity (Wildman–Crippen MR) is 91.0 cm³/mol. The van der Waals surface area contributed by atoms with Crippen LogP contribution in [0.5, 0.6) is 5.75 Å². The van der Waals surface area contributed by atoms with Crippen LogP contribution in [-0.4, -0.2) is 31.5 Å². The molecule has 2 rings (SSSR count). The number of hydrogen-bond acceptors (Lipinski definition) is 4. The number of aryl methyl sites for hydroxylation is 1. The van der Waals surface area contributed by atoms with Gasteiger partial charge in [0.2, 0.25) is 5.91 Å². The van der Waals surface area contributed by atoms with E-state index in [4.69, 9.17) is 4.74 Å². The Balaban J connectivity index is 1.56. The van der Waals surface area contributed by atoms with Gasteiger partial charge < -0.3 is 15.4 Å². The molecule has 0 saturated carbocycles. The summed E-state index contributed by atoms with van der Waals surface area (Å²) >= 11 is 1.47. The second-order valence-corrected chi connectivity index (χ2v) is 5.81. The normalized spacial score (nSPS) is 10.1. The summed E-state index contributed by atoms with van der Waals surface area (Å²) in [6.45, 7) is 3.17.